The molecule has 1 aromatic carbocycles. The molecule has 0 spiro atoms. The van der Waals surface area contributed by atoms with Crippen molar-refractivity contribution >= 4 is 5.78 Å². The summed E-state index contributed by atoms with van der Waals surface area (Å²) in [6.45, 7) is 0. The van der Waals surface area contributed by atoms with E-state index in [9.17, 15) is 4.79 Å². The number of carbonyl (C=O) groups is 1. The first kappa shape index (κ1) is 8.90. The van der Waals surface area contributed by atoms with E-state index in [-0.39, 0.29) is 5.41 Å². The molecule has 0 aliphatic heterocycles. The van der Waals surface area contributed by atoms with E-state index in [2.05, 4.69) is 24.3 Å². The van der Waals surface area contributed by atoms with Gasteiger partial charge in [0.05, 0.1) is 5.41 Å². The standard InChI is InChI=1S/C14H14O/c15-13-10-11-6-8-14(13,9-7-11)12-4-2-1-3-5-12/h1-6,8,11H,7,9-10H2/t11-,14+/m0/s1. The van der Waals surface area contributed by atoms with Gasteiger partial charge in [0.15, 0.2) is 0 Å². The van der Waals surface area contributed by atoms with Crippen LogP contribution < -0.4 is 0 Å². The second-order valence-electron chi connectivity index (χ2n) is 4.62. The van der Waals surface area contributed by atoms with E-state index in [1.807, 2.05) is 18.2 Å². The summed E-state index contributed by atoms with van der Waals surface area (Å²) in [5.74, 6) is 0.926. The highest BCUT2D eigenvalue weighted by molar-refractivity contribution is 5.94. The number of hydrogen-bond acceptors (Lipinski definition) is 1. The van der Waals surface area contributed by atoms with Gasteiger partial charge in [-0.3, -0.25) is 4.79 Å². The zero-order valence-corrected chi connectivity index (χ0v) is 8.65. The lowest BCUT2D eigenvalue weighted by molar-refractivity contribution is -0.126. The second-order valence-corrected chi connectivity index (χ2v) is 4.62. The molecule has 3 aliphatic rings. The van der Waals surface area contributed by atoms with Crippen molar-refractivity contribution < 1.29 is 4.79 Å². The normalized spacial score (nSPS) is 33.3. The summed E-state index contributed by atoms with van der Waals surface area (Å²) < 4.78 is 0. The summed E-state index contributed by atoms with van der Waals surface area (Å²) >= 11 is 0. The van der Waals surface area contributed by atoms with Crippen molar-refractivity contribution in [2.24, 2.45) is 5.92 Å². The van der Waals surface area contributed by atoms with E-state index in [0.29, 0.717) is 11.7 Å². The minimum absolute atomic E-state index is 0.282. The van der Waals surface area contributed by atoms with Gasteiger partial charge in [0.2, 0.25) is 0 Å². The summed E-state index contributed by atoms with van der Waals surface area (Å²) in [5.41, 5.74) is 0.889. The van der Waals surface area contributed by atoms with Crippen LogP contribution in [-0.2, 0) is 10.2 Å². The number of Topliss-reactive ketones (excluding diaryl/α,β-unsaturated/α-hetero) is 1. The van der Waals surface area contributed by atoms with Crippen molar-refractivity contribution in [1.82, 2.24) is 0 Å². The summed E-state index contributed by atoms with van der Waals surface area (Å²) in [5, 5.41) is 0. The number of ketones is 1. The Hall–Kier alpha value is -1.37. The number of carbonyl (C=O) groups excluding carboxylic acids is 1. The molecule has 15 heavy (non-hydrogen) atoms. The lowest BCUT2D eigenvalue weighted by Gasteiger charge is -2.40. The number of rotatable bonds is 1. The Kier molecular flexibility index (Phi) is 1.82. The van der Waals surface area contributed by atoms with Crippen molar-refractivity contribution in [1.29, 1.82) is 0 Å². The molecule has 1 saturated carbocycles. The van der Waals surface area contributed by atoms with Crippen molar-refractivity contribution in [2.75, 3.05) is 0 Å². The Morgan fingerprint density at radius 3 is 2.60 bits per heavy atom. The van der Waals surface area contributed by atoms with Crippen molar-refractivity contribution in [2.45, 2.75) is 24.7 Å². The van der Waals surface area contributed by atoms with Gasteiger partial charge in [0.1, 0.15) is 5.78 Å². The number of hydrogen-bond donors (Lipinski definition) is 0. The largest absolute Gasteiger partial charge is 0.298 e. The summed E-state index contributed by atoms with van der Waals surface area (Å²) in [4.78, 5) is 12.1. The molecule has 2 bridgehead atoms. The van der Waals surface area contributed by atoms with Crippen LogP contribution in [-0.4, -0.2) is 5.78 Å². The van der Waals surface area contributed by atoms with Crippen LogP contribution >= 0.6 is 0 Å². The fourth-order valence-electron chi connectivity index (χ4n) is 2.85. The van der Waals surface area contributed by atoms with Crippen LogP contribution in [0.4, 0.5) is 0 Å². The van der Waals surface area contributed by atoms with E-state index >= 15 is 0 Å². The van der Waals surface area contributed by atoms with Crippen LogP contribution in [0.5, 0.6) is 0 Å². The number of benzene rings is 1. The van der Waals surface area contributed by atoms with Gasteiger partial charge in [-0.25, -0.2) is 0 Å². The van der Waals surface area contributed by atoms with Crippen LogP contribution in [0.3, 0.4) is 0 Å². The monoisotopic (exact) mass is 198 g/mol. The second kappa shape index (κ2) is 3.06. The molecule has 0 amide bonds. The van der Waals surface area contributed by atoms with Crippen molar-refractivity contribution in [3.05, 3.63) is 48.0 Å². The van der Waals surface area contributed by atoms with Gasteiger partial charge in [-0.15, -0.1) is 0 Å². The first-order chi connectivity index (χ1) is 7.31. The predicted octanol–water partition coefficient (Wildman–Crippen LogP) is 2.86. The molecule has 0 radical (unpaired) electrons. The van der Waals surface area contributed by atoms with Crippen LogP contribution in [0.2, 0.25) is 0 Å². The lowest BCUT2D eigenvalue weighted by atomic mass is 9.61. The van der Waals surface area contributed by atoms with Gasteiger partial charge in [-0.2, -0.15) is 0 Å². The first-order valence-electron chi connectivity index (χ1n) is 5.59. The third-order valence-electron chi connectivity index (χ3n) is 3.80. The molecule has 2 atom stereocenters. The van der Waals surface area contributed by atoms with Crippen LogP contribution in [0.25, 0.3) is 0 Å². The molecule has 1 aromatic rings. The Bertz CT molecular complexity index is 418. The molecule has 76 valence electrons. The fraction of sp³-hybridized carbons (Fsp3) is 0.357. The zero-order chi connectivity index (χ0) is 10.3. The average molecular weight is 198 g/mol. The maximum Gasteiger partial charge on any atom is 0.147 e. The molecule has 0 heterocycles. The lowest BCUT2D eigenvalue weighted by Crippen LogP contribution is -2.42. The summed E-state index contributed by atoms with van der Waals surface area (Å²) in [6, 6.07) is 10.2. The summed E-state index contributed by atoms with van der Waals surface area (Å²) in [6.07, 6.45) is 7.28. The highest BCUT2D eigenvalue weighted by atomic mass is 16.1. The summed E-state index contributed by atoms with van der Waals surface area (Å²) in [7, 11) is 0. The van der Waals surface area contributed by atoms with Gasteiger partial charge in [0, 0.05) is 6.42 Å². The Morgan fingerprint density at radius 1 is 1.20 bits per heavy atom. The molecule has 0 unspecified atom stereocenters. The van der Waals surface area contributed by atoms with Gasteiger partial charge >= 0.3 is 0 Å². The molecule has 1 heteroatoms. The number of allylic oxidation sites excluding steroid dienone is 2. The van der Waals surface area contributed by atoms with Crippen molar-refractivity contribution in [3.8, 4) is 0 Å². The molecule has 0 aromatic heterocycles. The highest BCUT2D eigenvalue weighted by Gasteiger charge is 2.44. The van der Waals surface area contributed by atoms with Crippen LogP contribution in [0.15, 0.2) is 42.5 Å². The maximum absolute atomic E-state index is 12.1. The third kappa shape index (κ3) is 1.19. The first-order valence-corrected chi connectivity index (χ1v) is 5.59. The predicted molar refractivity (Wildman–Crippen MR) is 59.6 cm³/mol. The Morgan fingerprint density at radius 2 is 2.00 bits per heavy atom. The third-order valence-corrected chi connectivity index (χ3v) is 3.80. The van der Waals surface area contributed by atoms with Gasteiger partial charge in [-0.05, 0) is 24.3 Å². The molecule has 0 saturated heterocycles. The molecule has 3 aliphatic carbocycles. The van der Waals surface area contributed by atoms with E-state index in [0.717, 1.165) is 19.3 Å². The average Bonchev–Trinajstić information content (AvgIpc) is 2.32. The smallest absolute Gasteiger partial charge is 0.147 e. The van der Waals surface area contributed by atoms with E-state index in [1.54, 1.807) is 0 Å². The topological polar surface area (TPSA) is 17.1 Å². The SMILES string of the molecule is O=C1C[C@H]2C=C[C@]1(c1ccccc1)CC2. The van der Waals surface area contributed by atoms with Gasteiger partial charge in [-0.1, -0.05) is 42.5 Å². The highest BCUT2D eigenvalue weighted by Crippen LogP contribution is 2.44. The molecular formula is C14H14O. The van der Waals surface area contributed by atoms with Crippen LogP contribution in [0, 0.1) is 5.92 Å². The maximum atomic E-state index is 12.1. The van der Waals surface area contributed by atoms with E-state index in [4.69, 9.17) is 0 Å². The zero-order valence-electron chi connectivity index (χ0n) is 8.65. The van der Waals surface area contributed by atoms with Gasteiger partial charge < -0.3 is 0 Å². The molecular weight excluding hydrogens is 184 g/mol. The Balaban J connectivity index is 2.13. The molecule has 4 rings (SSSR count). The van der Waals surface area contributed by atoms with Crippen LogP contribution in [0.1, 0.15) is 24.8 Å². The van der Waals surface area contributed by atoms with E-state index < -0.39 is 0 Å². The van der Waals surface area contributed by atoms with Gasteiger partial charge in [0.25, 0.3) is 0 Å². The minimum atomic E-state index is -0.282. The molecule has 1 nitrogen and oxygen atoms in total. The number of fused-ring (bicyclic) bond motifs is 2. The fourth-order valence-corrected chi connectivity index (χ4v) is 2.85. The molecule has 0 N–H and O–H groups in total. The Labute approximate surface area is 89.8 Å². The minimum Gasteiger partial charge on any atom is -0.298 e. The van der Waals surface area contributed by atoms with E-state index in [1.165, 1.54) is 5.56 Å². The van der Waals surface area contributed by atoms with Crippen molar-refractivity contribution in [3.63, 3.8) is 0 Å². The molecule has 1 fully saturated rings. The quantitative estimate of drug-likeness (QED) is 0.634.